The number of phenols is 1. The summed E-state index contributed by atoms with van der Waals surface area (Å²) in [5.74, 6) is 1.24. The molecule has 1 heterocycles. The monoisotopic (exact) mass is 328 g/mol. The van der Waals surface area contributed by atoms with Gasteiger partial charge in [0.1, 0.15) is 17.1 Å². The maximum atomic E-state index is 10.1. The topological polar surface area (TPSA) is 29.5 Å². The summed E-state index contributed by atoms with van der Waals surface area (Å²) in [6.45, 7) is 10.7. The number of benzene rings is 1. The van der Waals surface area contributed by atoms with Crippen molar-refractivity contribution in [3.05, 3.63) is 46.6 Å². The minimum Gasteiger partial charge on any atom is -0.508 e. The standard InChI is InChI=1S/C22H32O2/c1-16(2)8-6-9-17(3)10-7-12-22(5)13-11-19-20(23)14-18(4)15-21(19)24-22/h8,10,14-15,23H,6-7,9,11-13H2,1-5H3/b17-10+/t22-/m1/s1. The highest BCUT2D eigenvalue weighted by Crippen LogP contribution is 2.40. The van der Waals surface area contributed by atoms with Crippen molar-refractivity contribution in [3.63, 3.8) is 0 Å². The Labute approximate surface area is 147 Å². The molecule has 0 aromatic heterocycles. The third kappa shape index (κ3) is 5.15. The molecular formula is C22H32O2. The lowest BCUT2D eigenvalue weighted by molar-refractivity contribution is 0.0563. The predicted octanol–water partition coefficient (Wildman–Crippen LogP) is 6.26. The molecule has 132 valence electrons. The predicted molar refractivity (Wildman–Crippen MR) is 102 cm³/mol. The molecule has 0 radical (unpaired) electrons. The van der Waals surface area contributed by atoms with E-state index in [1.165, 1.54) is 11.1 Å². The molecule has 2 heteroatoms. The second-order valence-electron chi connectivity index (χ2n) is 7.72. The summed E-state index contributed by atoms with van der Waals surface area (Å²) in [6.07, 6.45) is 10.8. The second-order valence-corrected chi connectivity index (χ2v) is 7.72. The molecule has 24 heavy (non-hydrogen) atoms. The number of hydrogen-bond acceptors (Lipinski definition) is 2. The van der Waals surface area contributed by atoms with E-state index in [4.69, 9.17) is 4.74 Å². The molecule has 0 bridgehead atoms. The van der Waals surface area contributed by atoms with Crippen LogP contribution >= 0.6 is 0 Å². The molecule has 0 saturated carbocycles. The van der Waals surface area contributed by atoms with Gasteiger partial charge in [-0.15, -0.1) is 0 Å². The molecule has 1 atom stereocenters. The van der Waals surface area contributed by atoms with Crippen LogP contribution in [0.15, 0.2) is 35.4 Å². The largest absolute Gasteiger partial charge is 0.508 e. The lowest BCUT2D eigenvalue weighted by Gasteiger charge is -2.36. The zero-order valence-corrected chi connectivity index (χ0v) is 15.9. The highest BCUT2D eigenvalue weighted by molar-refractivity contribution is 5.48. The third-order valence-corrected chi connectivity index (χ3v) is 4.85. The molecule has 2 nitrogen and oxygen atoms in total. The summed E-state index contributed by atoms with van der Waals surface area (Å²) in [5, 5.41) is 10.1. The first-order valence-electron chi connectivity index (χ1n) is 9.09. The Balaban J connectivity index is 1.92. The van der Waals surface area contributed by atoms with Gasteiger partial charge in [-0.1, -0.05) is 23.3 Å². The Kier molecular flexibility index (Phi) is 6.15. The van der Waals surface area contributed by atoms with Crippen LogP contribution in [0.4, 0.5) is 0 Å². The summed E-state index contributed by atoms with van der Waals surface area (Å²) in [5.41, 5.74) is 4.73. The minimum atomic E-state index is -0.135. The Morgan fingerprint density at radius 1 is 1.21 bits per heavy atom. The Hall–Kier alpha value is -1.70. The molecule has 0 unspecified atom stereocenters. The molecule has 0 saturated heterocycles. The van der Waals surface area contributed by atoms with Crippen LogP contribution < -0.4 is 4.74 Å². The number of fused-ring (bicyclic) bond motifs is 1. The Morgan fingerprint density at radius 3 is 2.67 bits per heavy atom. The van der Waals surface area contributed by atoms with Crippen LogP contribution in [0.3, 0.4) is 0 Å². The number of rotatable bonds is 6. The third-order valence-electron chi connectivity index (χ3n) is 4.85. The summed E-state index contributed by atoms with van der Waals surface area (Å²) in [4.78, 5) is 0. The fraction of sp³-hybridized carbons (Fsp3) is 0.545. The molecule has 2 rings (SSSR count). The van der Waals surface area contributed by atoms with Gasteiger partial charge in [-0.3, -0.25) is 0 Å². The van der Waals surface area contributed by atoms with Crippen LogP contribution in [0, 0.1) is 6.92 Å². The number of ether oxygens (including phenoxy) is 1. The first-order chi connectivity index (χ1) is 11.3. The van der Waals surface area contributed by atoms with Crippen molar-refractivity contribution in [2.45, 2.75) is 78.7 Å². The number of aryl methyl sites for hydroxylation is 1. The van der Waals surface area contributed by atoms with E-state index in [2.05, 4.69) is 39.8 Å². The van der Waals surface area contributed by atoms with Crippen LogP contribution in [0.5, 0.6) is 11.5 Å². The highest BCUT2D eigenvalue weighted by Gasteiger charge is 2.32. The lowest BCUT2D eigenvalue weighted by atomic mass is 9.87. The maximum absolute atomic E-state index is 10.1. The molecule has 0 aliphatic carbocycles. The maximum Gasteiger partial charge on any atom is 0.127 e. The average molecular weight is 328 g/mol. The number of allylic oxidation sites excluding steroid dienone is 4. The average Bonchev–Trinajstić information content (AvgIpc) is 2.45. The number of aromatic hydroxyl groups is 1. The van der Waals surface area contributed by atoms with Gasteiger partial charge >= 0.3 is 0 Å². The van der Waals surface area contributed by atoms with Crippen LogP contribution in [-0.2, 0) is 6.42 Å². The van der Waals surface area contributed by atoms with Crippen molar-refractivity contribution in [3.8, 4) is 11.5 Å². The van der Waals surface area contributed by atoms with Gasteiger partial charge in [0.2, 0.25) is 0 Å². The smallest absolute Gasteiger partial charge is 0.127 e. The zero-order chi connectivity index (χ0) is 17.7. The van der Waals surface area contributed by atoms with Crippen LogP contribution in [0.25, 0.3) is 0 Å². The molecule has 1 N–H and O–H groups in total. The highest BCUT2D eigenvalue weighted by atomic mass is 16.5. The summed E-state index contributed by atoms with van der Waals surface area (Å²) in [6, 6.07) is 3.87. The van der Waals surface area contributed by atoms with E-state index < -0.39 is 0 Å². The number of phenolic OH excluding ortho intramolecular Hbond substituents is 1. The Morgan fingerprint density at radius 2 is 1.96 bits per heavy atom. The van der Waals surface area contributed by atoms with Crippen LogP contribution in [-0.4, -0.2) is 10.7 Å². The fourth-order valence-corrected chi connectivity index (χ4v) is 3.30. The first kappa shape index (κ1) is 18.6. The first-order valence-corrected chi connectivity index (χ1v) is 9.09. The summed E-state index contributed by atoms with van der Waals surface area (Å²) >= 11 is 0. The van der Waals surface area contributed by atoms with E-state index in [0.29, 0.717) is 5.75 Å². The van der Waals surface area contributed by atoms with E-state index in [0.717, 1.165) is 55.4 Å². The fourth-order valence-electron chi connectivity index (χ4n) is 3.30. The van der Waals surface area contributed by atoms with Crippen LogP contribution in [0.2, 0.25) is 0 Å². The quantitative estimate of drug-likeness (QED) is 0.625. The van der Waals surface area contributed by atoms with Gasteiger partial charge in [0, 0.05) is 5.56 Å². The minimum absolute atomic E-state index is 0.135. The lowest BCUT2D eigenvalue weighted by Crippen LogP contribution is -2.36. The van der Waals surface area contributed by atoms with E-state index in [9.17, 15) is 5.11 Å². The van der Waals surface area contributed by atoms with Crippen molar-refractivity contribution in [2.75, 3.05) is 0 Å². The SMILES string of the molecule is CC(C)=CCC/C(C)=C/CC[C@]1(C)CCc2c(O)cc(C)cc2O1. The molecule has 1 aromatic rings. The van der Waals surface area contributed by atoms with Crippen molar-refractivity contribution >= 4 is 0 Å². The van der Waals surface area contributed by atoms with Crippen molar-refractivity contribution in [1.82, 2.24) is 0 Å². The zero-order valence-electron chi connectivity index (χ0n) is 15.9. The summed E-state index contributed by atoms with van der Waals surface area (Å²) in [7, 11) is 0. The molecule has 0 amide bonds. The van der Waals surface area contributed by atoms with Crippen molar-refractivity contribution in [2.24, 2.45) is 0 Å². The molecule has 1 aliphatic rings. The molecule has 1 aliphatic heterocycles. The molecule has 0 fully saturated rings. The van der Waals surface area contributed by atoms with Gasteiger partial charge in [-0.05, 0) is 90.8 Å². The van der Waals surface area contributed by atoms with Gasteiger partial charge in [0.25, 0.3) is 0 Å². The van der Waals surface area contributed by atoms with Gasteiger partial charge < -0.3 is 9.84 Å². The van der Waals surface area contributed by atoms with Gasteiger partial charge in [0.05, 0.1) is 0 Å². The molecular weight excluding hydrogens is 296 g/mol. The van der Waals surface area contributed by atoms with E-state index >= 15 is 0 Å². The van der Waals surface area contributed by atoms with Gasteiger partial charge in [-0.2, -0.15) is 0 Å². The van der Waals surface area contributed by atoms with Crippen LogP contribution in [0.1, 0.15) is 70.9 Å². The summed E-state index contributed by atoms with van der Waals surface area (Å²) < 4.78 is 6.28. The molecule has 0 spiro atoms. The second kappa shape index (κ2) is 7.92. The number of hydrogen-bond donors (Lipinski definition) is 1. The molecule has 1 aromatic carbocycles. The van der Waals surface area contributed by atoms with Gasteiger partial charge in [0.15, 0.2) is 0 Å². The van der Waals surface area contributed by atoms with Crippen molar-refractivity contribution in [1.29, 1.82) is 0 Å². The van der Waals surface area contributed by atoms with E-state index in [-0.39, 0.29) is 5.60 Å². The van der Waals surface area contributed by atoms with Crippen molar-refractivity contribution < 1.29 is 9.84 Å². The van der Waals surface area contributed by atoms with Gasteiger partial charge in [-0.25, -0.2) is 0 Å². The Bertz CT molecular complexity index is 636. The van der Waals surface area contributed by atoms with E-state index in [1.54, 1.807) is 0 Å². The normalized spacial score (nSPS) is 20.3. The van der Waals surface area contributed by atoms with E-state index in [1.807, 2.05) is 19.1 Å².